The van der Waals surface area contributed by atoms with Gasteiger partial charge < -0.3 is 19.2 Å². The summed E-state index contributed by atoms with van der Waals surface area (Å²) in [4.78, 5) is 14.2. The maximum absolute atomic E-state index is 14.0. The molecule has 2 N–H and O–H groups in total. The van der Waals surface area contributed by atoms with Gasteiger partial charge in [0.1, 0.15) is 24.6 Å². The molecule has 0 saturated heterocycles. The number of benzene rings is 3. The predicted octanol–water partition coefficient (Wildman–Crippen LogP) is 5.57. The summed E-state index contributed by atoms with van der Waals surface area (Å²) < 4.78 is 52.6. The van der Waals surface area contributed by atoms with E-state index in [1.54, 1.807) is 6.07 Å². The molecule has 0 aliphatic carbocycles. The van der Waals surface area contributed by atoms with Gasteiger partial charge in [0.2, 0.25) is 11.2 Å². The number of aromatic hydroxyl groups is 1. The Kier molecular flexibility index (Phi) is 7.05. The Morgan fingerprint density at radius 1 is 1.00 bits per heavy atom. The number of hydrogen-bond acceptors (Lipinski definition) is 4. The van der Waals surface area contributed by atoms with Gasteiger partial charge in [0.05, 0.1) is 22.5 Å². The summed E-state index contributed by atoms with van der Waals surface area (Å²) >= 11 is 6.02. The molecule has 0 saturated carbocycles. The lowest BCUT2D eigenvalue weighted by molar-refractivity contribution is -0.925. The van der Waals surface area contributed by atoms with E-state index >= 15 is 0 Å². The molecule has 3 aromatic carbocycles. The van der Waals surface area contributed by atoms with Crippen LogP contribution in [-0.2, 0) is 19.3 Å². The van der Waals surface area contributed by atoms with Crippen LogP contribution in [0, 0.1) is 0 Å². The second kappa shape index (κ2) is 10.0. The fourth-order valence-electron chi connectivity index (χ4n) is 3.82. The van der Waals surface area contributed by atoms with E-state index in [9.17, 15) is 23.1 Å². The zero-order valence-corrected chi connectivity index (χ0v) is 19.4. The average Bonchev–Trinajstić information content (AvgIpc) is 2.83. The Labute approximate surface area is 203 Å². The van der Waals surface area contributed by atoms with Crippen molar-refractivity contribution in [2.45, 2.75) is 26.2 Å². The van der Waals surface area contributed by atoms with E-state index in [0.717, 1.165) is 10.5 Å². The summed E-state index contributed by atoms with van der Waals surface area (Å²) in [6, 6.07) is 17.9. The van der Waals surface area contributed by atoms with Crippen LogP contribution < -0.4 is 15.1 Å². The molecule has 0 bridgehead atoms. The molecule has 1 atom stereocenters. The fraction of sp³-hybridized carbons (Fsp3) is 0.192. The lowest BCUT2D eigenvalue weighted by atomic mass is 10.1. The molecule has 4 aromatic rings. The van der Waals surface area contributed by atoms with Gasteiger partial charge in [0.25, 0.3) is 5.76 Å². The summed E-state index contributed by atoms with van der Waals surface area (Å²) in [7, 11) is 0. The van der Waals surface area contributed by atoms with Gasteiger partial charge in [-0.05, 0) is 31.2 Å². The molecule has 1 unspecified atom stereocenters. The number of fused-ring (bicyclic) bond motifs is 1. The van der Waals surface area contributed by atoms with Crippen LogP contribution in [0.3, 0.4) is 0 Å². The minimum absolute atomic E-state index is 0.0367. The van der Waals surface area contributed by atoms with E-state index in [4.69, 9.17) is 20.8 Å². The molecule has 0 amide bonds. The monoisotopic (exact) mass is 504 g/mol. The lowest BCUT2D eigenvalue weighted by Gasteiger charge is -2.20. The molecule has 4 rings (SSSR count). The largest absolute Gasteiger partial charge is 0.507 e. The van der Waals surface area contributed by atoms with Gasteiger partial charge in [-0.1, -0.05) is 54.1 Å². The SMILES string of the molecule is CC[NH+](Cc1ccccc1)Cc1c(O)ccc2c(=O)c(Oc3ccccc3Cl)c(C(F)(F)F)oc12. The maximum atomic E-state index is 14.0. The molecule has 5 nitrogen and oxygen atoms in total. The highest BCUT2D eigenvalue weighted by Gasteiger charge is 2.41. The topological polar surface area (TPSA) is 64.1 Å². The van der Waals surface area contributed by atoms with Gasteiger partial charge >= 0.3 is 6.18 Å². The number of rotatable bonds is 7. The molecule has 35 heavy (non-hydrogen) atoms. The third-order valence-corrected chi connectivity index (χ3v) is 5.94. The molecular formula is C26H22ClF3NO4+. The Morgan fingerprint density at radius 3 is 2.34 bits per heavy atom. The number of phenolic OH excluding ortho intramolecular Hbond substituents is 1. The first-order valence-corrected chi connectivity index (χ1v) is 11.3. The molecule has 0 radical (unpaired) electrons. The Balaban J connectivity index is 1.84. The highest BCUT2D eigenvalue weighted by Crippen LogP contribution is 2.40. The Morgan fingerprint density at radius 2 is 1.69 bits per heavy atom. The molecular weight excluding hydrogens is 483 g/mol. The van der Waals surface area contributed by atoms with Crippen LogP contribution in [0.4, 0.5) is 13.2 Å². The second-order valence-electron chi connectivity index (χ2n) is 8.00. The summed E-state index contributed by atoms with van der Waals surface area (Å²) in [5, 5.41) is 10.4. The number of hydrogen-bond donors (Lipinski definition) is 2. The molecule has 0 aliphatic rings. The van der Waals surface area contributed by atoms with Gasteiger partial charge in [0.15, 0.2) is 5.58 Å². The smallest absolute Gasteiger partial charge is 0.453 e. The standard InChI is InChI=1S/C26H21ClF3NO4/c1-2-31(14-16-8-4-3-5-9-16)15-18-20(32)13-12-17-22(33)24(25(26(28,29)30)35-23(17)18)34-21-11-7-6-10-19(21)27/h3-13,32H,2,14-15H2,1H3/p+1. The number of para-hydroxylation sites is 1. The van der Waals surface area contributed by atoms with Gasteiger partial charge in [-0.25, -0.2) is 0 Å². The lowest BCUT2D eigenvalue weighted by Crippen LogP contribution is -3.09. The van der Waals surface area contributed by atoms with Crippen molar-refractivity contribution in [1.82, 2.24) is 0 Å². The highest BCUT2D eigenvalue weighted by atomic mass is 35.5. The molecule has 0 fully saturated rings. The third-order valence-electron chi connectivity index (χ3n) is 5.63. The minimum Gasteiger partial charge on any atom is -0.507 e. The van der Waals surface area contributed by atoms with Crippen molar-refractivity contribution in [1.29, 1.82) is 0 Å². The van der Waals surface area contributed by atoms with E-state index in [2.05, 4.69) is 0 Å². The average molecular weight is 505 g/mol. The number of nitrogens with one attached hydrogen (secondary N) is 1. The number of quaternary nitrogens is 1. The first kappa shape index (κ1) is 24.6. The molecule has 0 aliphatic heterocycles. The van der Waals surface area contributed by atoms with Gasteiger partial charge in [-0.3, -0.25) is 4.79 Å². The molecule has 9 heteroatoms. The van der Waals surface area contributed by atoms with Gasteiger partial charge in [-0.2, -0.15) is 13.2 Å². The quantitative estimate of drug-likeness (QED) is 0.345. The normalized spacial score (nSPS) is 12.6. The van der Waals surface area contributed by atoms with Crippen LogP contribution in [0.25, 0.3) is 11.0 Å². The van der Waals surface area contributed by atoms with Crippen molar-refractivity contribution in [3.05, 3.63) is 98.9 Å². The van der Waals surface area contributed by atoms with E-state index < -0.39 is 23.1 Å². The van der Waals surface area contributed by atoms with Crippen molar-refractivity contribution in [3.63, 3.8) is 0 Å². The fourth-order valence-corrected chi connectivity index (χ4v) is 4.00. The molecule has 182 valence electrons. The summed E-state index contributed by atoms with van der Waals surface area (Å²) in [6.45, 7) is 3.25. The first-order valence-electron chi connectivity index (χ1n) is 10.9. The second-order valence-corrected chi connectivity index (χ2v) is 8.41. The predicted molar refractivity (Wildman–Crippen MR) is 126 cm³/mol. The first-order chi connectivity index (χ1) is 16.7. The van der Waals surface area contributed by atoms with Crippen LogP contribution in [0.15, 0.2) is 75.9 Å². The zero-order valence-electron chi connectivity index (χ0n) is 18.7. The van der Waals surface area contributed by atoms with Crippen LogP contribution >= 0.6 is 11.6 Å². The summed E-state index contributed by atoms with van der Waals surface area (Å²) in [5.41, 5.74) is -0.201. The van der Waals surface area contributed by atoms with Gasteiger partial charge in [-0.15, -0.1) is 0 Å². The van der Waals surface area contributed by atoms with Crippen LogP contribution in [0.1, 0.15) is 23.8 Å². The van der Waals surface area contributed by atoms with E-state index in [-0.39, 0.29) is 39.6 Å². The van der Waals surface area contributed by atoms with E-state index in [1.807, 2.05) is 37.3 Å². The van der Waals surface area contributed by atoms with E-state index in [0.29, 0.717) is 13.1 Å². The molecule has 1 heterocycles. The summed E-state index contributed by atoms with van der Waals surface area (Å²) in [5.74, 6) is -2.98. The van der Waals surface area contributed by atoms with Crippen molar-refractivity contribution >= 4 is 22.6 Å². The number of ether oxygens (including phenoxy) is 1. The Hall–Kier alpha value is -3.49. The van der Waals surface area contributed by atoms with Crippen LogP contribution in [-0.4, -0.2) is 11.7 Å². The molecule has 0 spiro atoms. The van der Waals surface area contributed by atoms with Crippen molar-refractivity contribution in [3.8, 4) is 17.2 Å². The van der Waals surface area contributed by atoms with Crippen molar-refractivity contribution < 1.29 is 32.3 Å². The number of alkyl halides is 3. The molecule has 1 aromatic heterocycles. The van der Waals surface area contributed by atoms with Crippen molar-refractivity contribution in [2.75, 3.05) is 6.54 Å². The summed E-state index contributed by atoms with van der Waals surface area (Å²) in [6.07, 6.45) is -5.03. The minimum atomic E-state index is -5.03. The Bertz CT molecular complexity index is 1400. The third kappa shape index (κ3) is 5.28. The van der Waals surface area contributed by atoms with Gasteiger partial charge in [0, 0.05) is 5.56 Å². The van der Waals surface area contributed by atoms with Crippen LogP contribution in [0.5, 0.6) is 17.2 Å². The highest BCUT2D eigenvalue weighted by molar-refractivity contribution is 6.32. The number of halogens is 4. The van der Waals surface area contributed by atoms with E-state index in [1.165, 1.54) is 30.3 Å². The zero-order chi connectivity index (χ0) is 25.2. The van der Waals surface area contributed by atoms with Crippen molar-refractivity contribution in [2.24, 2.45) is 0 Å². The maximum Gasteiger partial charge on any atom is 0.453 e. The van der Waals surface area contributed by atoms with Crippen LogP contribution in [0.2, 0.25) is 5.02 Å². The number of phenols is 1.